The van der Waals surface area contributed by atoms with E-state index >= 15 is 0 Å². The second kappa shape index (κ2) is 7.92. The summed E-state index contributed by atoms with van der Waals surface area (Å²) in [6.07, 6.45) is 11.5. The molecule has 0 fully saturated rings. The summed E-state index contributed by atoms with van der Waals surface area (Å²) in [4.78, 5) is 2.72. The van der Waals surface area contributed by atoms with Crippen molar-refractivity contribution in [2.75, 3.05) is 13.1 Å². The molecule has 0 aromatic carbocycles. The van der Waals surface area contributed by atoms with Gasteiger partial charge in [0, 0.05) is 6.04 Å². The van der Waals surface area contributed by atoms with E-state index in [0.717, 1.165) is 17.9 Å². The fraction of sp³-hybridized carbons (Fsp3) is 0.875. The van der Waals surface area contributed by atoms with Crippen molar-refractivity contribution in [3.8, 4) is 0 Å². The van der Waals surface area contributed by atoms with Crippen molar-refractivity contribution in [3.63, 3.8) is 0 Å². The molecule has 100 valence electrons. The summed E-state index contributed by atoms with van der Waals surface area (Å²) in [6, 6.07) is 0.723. The minimum atomic E-state index is 0.723. The van der Waals surface area contributed by atoms with E-state index in [9.17, 15) is 0 Å². The van der Waals surface area contributed by atoms with Gasteiger partial charge in [0.15, 0.2) is 0 Å². The van der Waals surface area contributed by atoms with Crippen LogP contribution in [0.2, 0.25) is 0 Å². The van der Waals surface area contributed by atoms with Gasteiger partial charge in [0.2, 0.25) is 0 Å². The molecule has 0 amide bonds. The van der Waals surface area contributed by atoms with Crippen LogP contribution in [0.1, 0.15) is 59.8 Å². The van der Waals surface area contributed by atoms with Crippen LogP contribution < -0.4 is 0 Å². The molecule has 1 aliphatic carbocycles. The Morgan fingerprint density at radius 1 is 1.06 bits per heavy atom. The quantitative estimate of drug-likeness (QED) is 0.590. The van der Waals surface area contributed by atoms with Crippen molar-refractivity contribution in [1.29, 1.82) is 0 Å². The van der Waals surface area contributed by atoms with Crippen LogP contribution in [-0.4, -0.2) is 24.0 Å². The summed E-state index contributed by atoms with van der Waals surface area (Å²) in [7, 11) is 0. The lowest BCUT2D eigenvalue weighted by atomic mass is 9.99. The highest BCUT2D eigenvalue weighted by Gasteiger charge is 2.17. The molecule has 0 bridgehead atoms. The molecule has 0 saturated carbocycles. The standard InChI is InChI=1S/C16H31N/c1-14(2)10-12-17(13-11-15(3)4)16-8-6-5-7-9-16/h6,8,14-16H,5,7,9-13H2,1-4H3. The second-order valence-electron chi connectivity index (χ2n) is 6.33. The minimum absolute atomic E-state index is 0.723. The van der Waals surface area contributed by atoms with Crippen molar-refractivity contribution >= 4 is 0 Å². The molecule has 1 aliphatic rings. The Bertz CT molecular complexity index is 206. The van der Waals surface area contributed by atoms with Gasteiger partial charge < -0.3 is 0 Å². The van der Waals surface area contributed by atoms with Gasteiger partial charge in [0.05, 0.1) is 0 Å². The third kappa shape index (κ3) is 6.26. The molecule has 1 atom stereocenters. The van der Waals surface area contributed by atoms with E-state index in [0.29, 0.717) is 0 Å². The Morgan fingerprint density at radius 3 is 2.06 bits per heavy atom. The monoisotopic (exact) mass is 237 g/mol. The zero-order valence-electron chi connectivity index (χ0n) is 12.3. The van der Waals surface area contributed by atoms with Crippen LogP contribution >= 0.6 is 0 Å². The number of hydrogen-bond donors (Lipinski definition) is 0. The Kier molecular flexibility index (Phi) is 6.87. The van der Waals surface area contributed by atoms with Crippen LogP contribution in [0.5, 0.6) is 0 Å². The Labute approximate surface area is 108 Å². The average molecular weight is 237 g/mol. The first-order chi connectivity index (χ1) is 8.09. The lowest BCUT2D eigenvalue weighted by molar-refractivity contribution is 0.192. The first-order valence-electron chi connectivity index (χ1n) is 7.50. The maximum absolute atomic E-state index is 2.72. The summed E-state index contributed by atoms with van der Waals surface area (Å²) in [5.74, 6) is 1.65. The van der Waals surface area contributed by atoms with Gasteiger partial charge in [0.1, 0.15) is 0 Å². The lowest BCUT2D eigenvalue weighted by Gasteiger charge is -2.32. The fourth-order valence-electron chi connectivity index (χ4n) is 2.39. The molecule has 0 saturated heterocycles. The summed E-state index contributed by atoms with van der Waals surface area (Å²) >= 11 is 0. The molecule has 0 spiro atoms. The smallest absolute Gasteiger partial charge is 0.0278 e. The van der Waals surface area contributed by atoms with Gasteiger partial charge in [-0.25, -0.2) is 0 Å². The van der Waals surface area contributed by atoms with Crippen LogP contribution in [-0.2, 0) is 0 Å². The van der Waals surface area contributed by atoms with Gasteiger partial charge in [-0.3, -0.25) is 4.90 Å². The Hall–Kier alpha value is -0.300. The van der Waals surface area contributed by atoms with E-state index in [1.165, 1.54) is 45.2 Å². The van der Waals surface area contributed by atoms with Gasteiger partial charge in [-0.2, -0.15) is 0 Å². The predicted molar refractivity (Wildman–Crippen MR) is 77.3 cm³/mol. The van der Waals surface area contributed by atoms with Crippen LogP contribution in [0, 0.1) is 11.8 Å². The van der Waals surface area contributed by atoms with Gasteiger partial charge in [-0.1, -0.05) is 39.8 Å². The highest BCUT2D eigenvalue weighted by molar-refractivity contribution is 4.98. The van der Waals surface area contributed by atoms with Gasteiger partial charge in [0.25, 0.3) is 0 Å². The minimum Gasteiger partial charge on any atom is -0.297 e. The van der Waals surface area contributed by atoms with Crippen molar-refractivity contribution in [3.05, 3.63) is 12.2 Å². The maximum Gasteiger partial charge on any atom is 0.0278 e. The van der Waals surface area contributed by atoms with Gasteiger partial charge in [-0.15, -0.1) is 0 Å². The summed E-state index contributed by atoms with van der Waals surface area (Å²) in [5, 5.41) is 0. The molecular formula is C16H31N. The first kappa shape index (κ1) is 14.8. The number of allylic oxidation sites excluding steroid dienone is 1. The zero-order chi connectivity index (χ0) is 12.7. The summed E-state index contributed by atoms with van der Waals surface area (Å²) in [5.41, 5.74) is 0. The SMILES string of the molecule is CC(C)CCN(CCC(C)C)C1C=CCCC1. The van der Waals surface area contributed by atoms with Gasteiger partial charge >= 0.3 is 0 Å². The molecule has 0 aromatic heterocycles. The highest BCUT2D eigenvalue weighted by Crippen LogP contribution is 2.19. The topological polar surface area (TPSA) is 3.24 Å². The van der Waals surface area contributed by atoms with E-state index < -0.39 is 0 Å². The maximum atomic E-state index is 2.72. The lowest BCUT2D eigenvalue weighted by Crippen LogP contribution is -2.37. The molecule has 1 nitrogen and oxygen atoms in total. The van der Waals surface area contributed by atoms with E-state index in [1.54, 1.807) is 0 Å². The van der Waals surface area contributed by atoms with Crippen LogP contribution in [0.15, 0.2) is 12.2 Å². The third-order valence-electron chi connectivity index (χ3n) is 3.69. The molecule has 17 heavy (non-hydrogen) atoms. The highest BCUT2D eigenvalue weighted by atomic mass is 15.1. The van der Waals surface area contributed by atoms with E-state index in [1.807, 2.05) is 0 Å². The van der Waals surface area contributed by atoms with Crippen LogP contribution in [0.3, 0.4) is 0 Å². The number of hydrogen-bond acceptors (Lipinski definition) is 1. The van der Waals surface area contributed by atoms with Crippen molar-refractivity contribution in [1.82, 2.24) is 4.90 Å². The largest absolute Gasteiger partial charge is 0.297 e. The second-order valence-corrected chi connectivity index (χ2v) is 6.33. The molecule has 0 aliphatic heterocycles. The normalized spacial score (nSPS) is 20.8. The molecule has 0 N–H and O–H groups in total. The van der Waals surface area contributed by atoms with Gasteiger partial charge in [-0.05, 0) is 57.0 Å². The molecule has 1 rings (SSSR count). The zero-order valence-corrected chi connectivity index (χ0v) is 12.3. The Balaban J connectivity index is 2.44. The summed E-state index contributed by atoms with van der Waals surface area (Å²) < 4.78 is 0. The van der Waals surface area contributed by atoms with Crippen LogP contribution in [0.4, 0.5) is 0 Å². The van der Waals surface area contributed by atoms with Crippen LogP contribution in [0.25, 0.3) is 0 Å². The fourth-order valence-corrected chi connectivity index (χ4v) is 2.39. The third-order valence-corrected chi connectivity index (χ3v) is 3.69. The average Bonchev–Trinajstić information content (AvgIpc) is 2.29. The number of rotatable bonds is 7. The Morgan fingerprint density at radius 2 is 1.65 bits per heavy atom. The van der Waals surface area contributed by atoms with Crippen molar-refractivity contribution in [2.24, 2.45) is 11.8 Å². The predicted octanol–water partition coefficient (Wildman–Crippen LogP) is 4.49. The van der Waals surface area contributed by atoms with Crippen molar-refractivity contribution in [2.45, 2.75) is 65.8 Å². The molecular weight excluding hydrogens is 206 g/mol. The van der Waals surface area contributed by atoms with E-state index in [4.69, 9.17) is 0 Å². The number of nitrogens with zero attached hydrogens (tertiary/aromatic N) is 1. The molecule has 0 radical (unpaired) electrons. The molecule has 1 unspecified atom stereocenters. The van der Waals surface area contributed by atoms with Crippen molar-refractivity contribution < 1.29 is 0 Å². The summed E-state index contributed by atoms with van der Waals surface area (Å²) in [6.45, 7) is 11.9. The molecule has 1 heteroatoms. The molecule has 0 heterocycles. The first-order valence-corrected chi connectivity index (χ1v) is 7.50. The van der Waals surface area contributed by atoms with E-state index in [2.05, 4.69) is 44.7 Å². The van der Waals surface area contributed by atoms with E-state index in [-0.39, 0.29) is 0 Å². The molecule has 0 aromatic rings.